The number of aliphatic hydroxyl groups is 2. The maximum absolute atomic E-state index is 9.94. The van der Waals surface area contributed by atoms with Crippen molar-refractivity contribution in [3.8, 4) is 0 Å². The number of nitrogen functional groups attached to an aromatic ring is 1. The van der Waals surface area contributed by atoms with Gasteiger partial charge in [0, 0.05) is 43.7 Å². The van der Waals surface area contributed by atoms with Gasteiger partial charge in [-0.2, -0.15) is 0 Å². The summed E-state index contributed by atoms with van der Waals surface area (Å²) in [5, 5.41) is 30.0. The quantitative estimate of drug-likeness (QED) is 0.0602. The number of rotatable bonds is 7. The number of carbonyl (C=O) groups excluding carboxylic acids is 1. The van der Waals surface area contributed by atoms with Gasteiger partial charge in [0.05, 0.1) is 52.8 Å². The molecule has 386 valence electrons. The molecule has 0 atom stereocenters. The zero-order valence-corrected chi connectivity index (χ0v) is 45.4. The Morgan fingerprint density at radius 1 is 0.432 bits per heavy atom. The summed E-state index contributed by atoms with van der Waals surface area (Å²) < 4.78 is 0. The monoisotopic (exact) mass is 1080 g/mol. The summed E-state index contributed by atoms with van der Waals surface area (Å²) >= 11 is 0. The Hall–Kier alpha value is -8.16. The molecule has 0 aliphatic heterocycles. The zero-order valence-electron chi connectivity index (χ0n) is 43.6. The smallest absolute Gasteiger partial charge is 0.814 e. The van der Waals surface area contributed by atoms with E-state index >= 15 is 0 Å². The number of anilines is 1. The van der Waals surface area contributed by atoms with Crippen molar-refractivity contribution in [2.45, 2.75) is 55.4 Å². The number of aromatic nitrogens is 4. The molecule has 0 aliphatic rings. The Balaban J connectivity index is 0. The number of hydrogen-bond donors (Lipinski definition) is 3. The van der Waals surface area contributed by atoms with E-state index in [2.05, 4.69) is 55.7 Å². The van der Waals surface area contributed by atoms with Crippen molar-refractivity contribution in [2.24, 2.45) is 15.0 Å². The number of aryl methyl sites for hydroxylation is 4. The van der Waals surface area contributed by atoms with Crippen molar-refractivity contribution in [1.82, 2.24) is 19.9 Å². The molecule has 0 radical (unpaired) electrons. The van der Waals surface area contributed by atoms with Gasteiger partial charge in [0.2, 0.25) is 0 Å². The van der Waals surface area contributed by atoms with Crippen LogP contribution in [0.5, 0.6) is 0 Å². The second-order valence-corrected chi connectivity index (χ2v) is 14.5. The number of benzene rings is 4. The van der Waals surface area contributed by atoms with E-state index in [9.17, 15) is 4.79 Å². The molecule has 0 aliphatic carbocycles. The molecule has 4 N–H and O–H groups in total. The molecule has 0 saturated heterocycles. The van der Waals surface area contributed by atoms with Gasteiger partial charge in [-0.05, 0) is 139 Å². The van der Waals surface area contributed by atoms with Crippen LogP contribution in [0.25, 0.3) is 10.8 Å². The van der Waals surface area contributed by atoms with Gasteiger partial charge in [-0.25, -0.2) is 12.4 Å². The Kier molecular flexibility index (Phi) is 43.3. The molecule has 0 amide bonds. The summed E-state index contributed by atoms with van der Waals surface area (Å²) in [6.45, 7) is 15.2. The molecule has 0 saturated carbocycles. The van der Waals surface area contributed by atoms with Crippen LogP contribution in [0, 0.1) is 27.7 Å². The van der Waals surface area contributed by atoms with Crippen molar-refractivity contribution >= 4 is 60.1 Å². The van der Waals surface area contributed by atoms with Crippen LogP contribution in [0.15, 0.2) is 210 Å². The largest absolute Gasteiger partial charge is 2.00 e. The normalized spacial score (nSPS) is 9.27. The van der Waals surface area contributed by atoms with Crippen molar-refractivity contribution < 1.29 is 34.5 Å². The third-order valence-electron chi connectivity index (χ3n) is 8.09. The van der Waals surface area contributed by atoms with Gasteiger partial charge in [0.25, 0.3) is 0 Å². The van der Waals surface area contributed by atoms with Gasteiger partial charge in [0.1, 0.15) is 5.69 Å². The van der Waals surface area contributed by atoms with Crippen LogP contribution in [0.4, 0.5) is 22.7 Å². The minimum absolute atomic E-state index is 0. The molecule has 74 heavy (non-hydrogen) atoms. The average Bonchev–Trinajstić information content (AvgIpc) is 3.42. The van der Waals surface area contributed by atoms with E-state index < -0.39 is 0 Å². The summed E-state index contributed by atoms with van der Waals surface area (Å²) in [6, 6.07) is 54.5. The van der Waals surface area contributed by atoms with E-state index in [4.69, 9.17) is 26.8 Å². The van der Waals surface area contributed by atoms with Gasteiger partial charge in [-0.15, -0.1) is 0 Å². The average molecular weight is 1080 g/mol. The van der Waals surface area contributed by atoms with E-state index in [1.54, 1.807) is 89.3 Å². The van der Waals surface area contributed by atoms with E-state index in [0.29, 0.717) is 5.69 Å². The van der Waals surface area contributed by atoms with Gasteiger partial charge >= 0.3 is 19.5 Å². The summed E-state index contributed by atoms with van der Waals surface area (Å²) in [5.74, 6) is 0. The zero-order chi connectivity index (χ0) is 54.2. The van der Waals surface area contributed by atoms with Crippen LogP contribution in [0.2, 0.25) is 0 Å². The third kappa shape index (κ3) is 38.6. The molecule has 14 heteroatoms. The van der Waals surface area contributed by atoms with Crippen molar-refractivity contribution in [3.63, 3.8) is 0 Å². The summed E-state index contributed by atoms with van der Waals surface area (Å²) in [4.78, 5) is 39.1. The Bertz CT molecular complexity index is 2400. The van der Waals surface area contributed by atoms with Crippen LogP contribution in [0.3, 0.4) is 0 Å². The standard InChI is InChI=1S/3C13H12N2.C7H9N.C6H5NO.2C2H4N.2C2H6O.Ru/c3*1-11-5-7-12(8-6-11)15-10-13-4-2-3-9-14-13;1-6-2-4-7(8)5-3-6;8-5-6-3-1-2-4-7-6;4*1-2-3;/h3*2-10H,1H3;2-5H,8H2,1H3;1-5H;2*2H,1H3;2*3H,2H2,1H3;/q;;;;;2*-1;;;+2. The van der Waals surface area contributed by atoms with Gasteiger partial charge in [-0.3, -0.25) is 39.7 Å². The minimum atomic E-state index is 0. The molecule has 13 nitrogen and oxygen atoms in total. The fourth-order valence-corrected chi connectivity index (χ4v) is 4.68. The number of carbonyl (C=O) groups is 1. The first-order chi connectivity index (χ1) is 35.4. The molecule has 0 unspecified atom stereocenters. The number of nitrogens with two attached hydrogens (primary N) is 1. The molecule has 4 aromatic carbocycles. The predicted octanol–water partition coefficient (Wildman–Crippen LogP) is 13.2. The summed E-state index contributed by atoms with van der Waals surface area (Å²) in [5.41, 5.74) is 17.2. The van der Waals surface area contributed by atoms with Crippen LogP contribution in [0.1, 0.15) is 77.5 Å². The van der Waals surface area contributed by atoms with Crippen LogP contribution in [-0.4, -0.2) is 80.7 Å². The topological polar surface area (TPSA) is 217 Å². The van der Waals surface area contributed by atoms with Crippen LogP contribution in [-0.2, 0) is 19.5 Å². The first-order valence-electron chi connectivity index (χ1n) is 23.2. The first-order valence-corrected chi connectivity index (χ1v) is 23.2. The van der Waals surface area contributed by atoms with Crippen molar-refractivity contribution in [2.75, 3.05) is 18.9 Å². The molecule has 4 heterocycles. The molecule has 4 aromatic heterocycles. The van der Waals surface area contributed by atoms with Crippen molar-refractivity contribution in [3.05, 3.63) is 250 Å². The molecule has 8 aromatic rings. The van der Waals surface area contributed by atoms with E-state index in [1.807, 2.05) is 159 Å². The van der Waals surface area contributed by atoms with Crippen LogP contribution >= 0.6 is 0 Å². The maximum atomic E-state index is 9.94. The molecular formula is C60H70N10O3Ru. The number of nitrogens with zero attached hydrogens (tertiary/aromatic N) is 9. The summed E-state index contributed by atoms with van der Waals surface area (Å²) in [6.07, 6.45) is 14.9. The predicted molar refractivity (Wildman–Crippen MR) is 309 cm³/mol. The van der Waals surface area contributed by atoms with E-state index in [-0.39, 0.29) is 32.7 Å². The van der Waals surface area contributed by atoms with E-state index in [0.717, 1.165) is 58.5 Å². The Morgan fingerprint density at radius 3 is 0.824 bits per heavy atom. The number of pyridine rings is 4. The Labute approximate surface area is 452 Å². The third-order valence-corrected chi connectivity index (χ3v) is 8.09. The fraction of sp³-hybridized carbons (Fsp3) is 0.167. The van der Waals surface area contributed by atoms with Gasteiger partial charge in [-0.1, -0.05) is 109 Å². The first kappa shape index (κ1) is 67.9. The summed E-state index contributed by atoms with van der Waals surface area (Å²) in [7, 11) is 0. The van der Waals surface area contributed by atoms with Crippen molar-refractivity contribution in [1.29, 1.82) is 0 Å². The SMILES string of the molecule is CC=[N-].CC=[N-].CCO.CCO.Cc1ccc(N)cc1.Cc1ccc(N=Cc2ccccn2)cc1.Cc1ccc(N=Cc2ccccn2)cc1.Cc1ccc(N=Cc2ccccn2)cc1.O=Cc1ccccn1.[Ru+2]. The molecule has 0 fully saturated rings. The molecule has 0 spiro atoms. The second-order valence-electron chi connectivity index (χ2n) is 14.5. The van der Waals surface area contributed by atoms with Gasteiger partial charge < -0.3 is 26.8 Å². The number of aliphatic imine (C=N–C) groups is 3. The molecule has 8 rings (SSSR count). The van der Waals surface area contributed by atoms with Gasteiger partial charge in [0.15, 0.2) is 6.29 Å². The fourth-order valence-electron chi connectivity index (χ4n) is 4.68. The Morgan fingerprint density at radius 2 is 0.649 bits per heavy atom. The number of aldehydes is 1. The molecular weight excluding hydrogens is 1010 g/mol. The maximum Gasteiger partial charge on any atom is 2.00 e. The van der Waals surface area contributed by atoms with Crippen LogP contribution < -0.4 is 5.73 Å². The second kappa shape index (κ2) is 47.2. The minimum Gasteiger partial charge on any atom is -0.814 e. The number of hydrogen-bond acceptors (Lipinski definition) is 11. The molecule has 0 bridgehead atoms. The number of aliphatic hydroxyl groups excluding tert-OH is 2. The van der Waals surface area contributed by atoms with E-state index in [1.165, 1.54) is 22.3 Å².